The van der Waals surface area contributed by atoms with Crippen molar-refractivity contribution in [2.45, 2.75) is 11.8 Å². The Morgan fingerprint density at radius 3 is 2.55 bits per heavy atom. The molecule has 1 unspecified atom stereocenters. The van der Waals surface area contributed by atoms with E-state index in [1.165, 1.54) is 19.2 Å². The Hall–Kier alpha value is -1.03. The molecule has 0 aromatic heterocycles. The van der Waals surface area contributed by atoms with Crippen LogP contribution in [0.5, 0.6) is 0 Å². The summed E-state index contributed by atoms with van der Waals surface area (Å²) in [7, 11) is -5.04. The number of halogens is 1. The first kappa shape index (κ1) is 17.0. The van der Waals surface area contributed by atoms with Crippen LogP contribution in [-0.2, 0) is 20.8 Å². The summed E-state index contributed by atoms with van der Waals surface area (Å²) in [5.74, 6) is 0.161. The summed E-state index contributed by atoms with van der Waals surface area (Å²) in [5, 5.41) is 10.7. The summed E-state index contributed by atoms with van der Waals surface area (Å²) in [6.07, 6.45) is 1.45. The highest BCUT2D eigenvalue weighted by atomic mass is 35.5. The number of nitrogens with one attached hydrogen (secondary N) is 1. The van der Waals surface area contributed by atoms with Crippen molar-refractivity contribution in [1.29, 1.82) is 0 Å². The second-order valence-electron chi connectivity index (χ2n) is 4.00. The van der Waals surface area contributed by atoms with Crippen LogP contribution >= 0.6 is 11.6 Å². The van der Waals surface area contributed by atoms with Crippen LogP contribution in [0.4, 0.5) is 5.69 Å². The molecular weight excluding hydrogens is 328 g/mol. The number of benzene rings is 1. The predicted molar refractivity (Wildman–Crippen MR) is 77.0 cm³/mol. The van der Waals surface area contributed by atoms with Crippen molar-refractivity contribution < 1.29 is 17.6 Å². The molecule has 112 valence electrons. The van der Waals surface area contributed by atoms with Gasteiger partial charge >= 0.3 is 0 Å². The summed E-state index contributed by atoms with van der Waals surface area (Å²) in [5.41, 5.74) is -0.178. The van der Waals surface area contributed by atoms with Crippen molar-refractivity contribution in [3.05, 3.63) is 32.8 Å². The van der Waals surface area contributed by atoms with Gasteiger partial charge in [0.25, 0.3) is 5.69 Å². The Labute approximate surface area is 124 Å². The summed E-state index contributed by atoms with van der Waals surface area (Å²) in [6, 6.07) is 2.15. The molecule has 0 saturated heterocycles. The van der Waals surface area contributed by atoms with Gasteiger partial charge in [-0.25, -0.2) is 13.1 Å². The first-order chi connectivity index (χ1) is 9.15. The third-order valence-electron chi connectivity index (χ3n) is 2.41. The van der Waals surface area contributed by atoms with Crippen molar-refractivity contribution >= 4 is 38.1 Å². The molecule has 0 spiro atoms. The molecule has 1 rings (SSSR count). The number of nitrogens with zero attached hydrogens (tertiary/aromatic N) is 1. The summed E-state index contributed by atoms with van der Waals surface area (Å²) >= 11 is 5.70. The fourth-order valence-electron chi connectivity index (χ4n) is 1.47. The Kier molecular flexibility index (Phi) is 5.63. The molecular formula is C10H13ClN2O5S2. The molecule has 1 aromatic rings. The van der Waals surface area contributed by atoms with Gasteiger partial charge < -0.3 is 0 Å². The molecule has 1 N–H and O–H groups in total. The minimum absolute atomic E-state index is 0.0126. The van der Waals surface area contributed by atoms with E-state index >= 15 is 0 Å². The standard InChI is InChI=1S/C10H13ClN2O5S2/c1-7-5-8(11)9(13(14)15)6-10(7)20(17,18)12-3-4-19(2)16/h5-6,12H,3-4H2,1-2H3. The summed E-state index contributed by atoms with van der Waals surface area (Å²) in [4.78, 5) is 9.82. The number of nitro groups is 1. The zero-order valence-electron chi connectivity index (χ0n) is 10.8. The third kappa shape index (κ3) is 4.23. The molecule has 1 atom stereocenters. The van der Waals surface area contributed by atoms with Crippen molar-refractivity contribution in [1.82, 2.24) is 4.72 Å². The largest absolute Gasteiger partial charge is 0.289 e. The second-order valence-corrected chi connectivity index (χ2v) is 7.70. The van der Waals surface area contributed by atoms with Gasteiger partial charge in [0.1, 0.15) is 5.02 Å². The highest BCUT2D eigenvalue weighted by Crippen LogP contribution is 2.29. The predicted octanol–water partition coefficient (Wildman–Crippen LogP) is 1.21. The molecule has 0 saturated carbocycles. The Morgan fingerprint density at radius 2 is 2.05 bits per heavy atom. The van der Waals surface area contributed by atoms with Crippen LogP contribution in [0.3, 0.4) is 0 Å². The lowest BCUT2D eigenvalue weighted by molar-refractivity contribution is -0.384. The maximum atomic E-state index is 12.0. The summed E-state index contributed by atoms with van der Waals surface area (Å²) < 4.78 is 37.2. The van der Waals surface area contributed by atoms with Crippen molar-refractivity contribution in [3.8, 4) is 0 Å². The molecule has 7 nitrogen and oxygen atoms in total. The number of sulfonamides is 1. The number of aryl methyl sites for hydroxylation is 1. The number of hydrogen-bond acceptors (Lipinski definition) is 5. The molecule has 0 fully saturated rings. The van der Waals surface area contributed by atoms with Crippen molar-refractivity contribution in [3.63, 3.8) is 0 Å². The molecule has 0 radical (unpaired) electrons. The van der Waals surface area contributed by atoms with E-state index in [0.717, 1.165) is 6.07 Å². The van der Waals surface area contributed by atoms with Crippen molar-refractivity contribution in [2.24, 2.45) is 0 Å². The van der Waals surface area contributed by atoms with E-state index in [1.807, 2.05) is 0 Å². The van der Waals surface area contributed by atoms with E-state index < -0.39 is 31.4 Å². The van der Waals surface area contributed by atoms with Crippen LogP contribution in [0.2, 0.25) is 5.02 Å². The van der Waals surface area contributed by atoms with E-state index in [1.54, 1.807) is 0 Å². The number of nitro benzene ring substituents is 1. The average molecular weight is 341 g/mol. The quantitative estimate of drug-likeness (QED) is 0.618. The first-order valence-corrected chi connectivity index (χ1v) is 8.98. The van der Waals surface area contributed by atoms with Gasteiger partial charge in [-0.15, -0.1) is 0 Å². The van der Waals surface area contributed by atoms with Crippen LogP contribution < -0.4 is 4.72 Å². The Bertz CT molecular complexity index is 660. The van der Waals surface area contributed by atoms with E-state index in [9.17, 15) is 22.7 Å². The van der Waals surface area contributed by atoms with Gasteiger partial charge in [-0.3, -0.25) is 14.3 Å². The van der Waals surface area contributed by atoms with Crippen LogP contribution in [0.15, 0.2) is 17.0 Å². The fraction of sp³-hybridized carbons (Fsp3) is 0.400. The van der Waals surface area contributed by atoms with Gasteiger partial charge in [0, 0.05) is 35.4 Å². The van der Waals surface area contributed by atoms with Gasteiger partial charge in [0.2, 0.25) is 10.0 Å². The molecule has 1 aromatic carbocycles. The van der Waals surface area contributed by atoms with Crippen molar-refractivity contribution in [2.75, 3.05) is 18.6 Å². The Balaban J connectivity index is 3.14. The molecule has 20 heavy (non-hydrogen) atoms. The van der Waals surface area contributed by atoms with E-state index in [0.29, 0.717) is 5.56 Å². The SMILES string of the molecule is Cc1cc(Cl)c([N+](=O)[O-])cc1S(=O)(=O)NCCS(C)=O. The van der Waals surface area contributed by atoms with E-state index in [4.69, 9.17) is 11.6 Å². The number of rotatable bonds is 6. The molecule has 0 bridgehead atoms. The summed E-state index contributed by atoms with van der Waals surface area (Å²) in [6.45, 7) is 1.48. The zero-order chi connectivity index (χ0) is 15.5. The lowest BCUT2D eigenvalue weighted by Gasteiger charge is -2.09. The molecule has 0 aliphatic rings. The molecule has 0 amide bonds. The Morgan fingerprint density at radius 1 is 1.45 bits per heavy atom. The molecule has 10 heteroatoms. The van der Waals surface area contributed by atoms with Crippen LogP contribution in [0.25, 0.3) is 0 Å². The van der Waals surface area contributed by atoms with E-state index in [2.05, 4.69) is 4.72 Å². The van der Waals surface area contributed by atoms with Gasteiger partial charge in [0.05, 0.1) is 9.82 Å². The topological polar surface area (TPSA) is 106 Å². The second kappa shape index (κ2) is 6.61. The van der Waals surface area contributed by atoms with E-state index in [-0.39, 0.29) is 22.2 Å². The maximum absolute atomic E-state index is 12.0. The minimum Gasteiger partial charge on any atom is -0.260 e. The highest BCUT2D eigenvalue weighted by molar-refractivity contribution is 7.89. The smallest absolute Gasteiger partial charge is 0.260 e. The highest BCUT2D eigenvalue weighted by Gasteiger charge is 2.23. The normalized spacial score (nSPS) is 13.2. The van der Waals surface area contributed by atoms with Crippen LogP contribution in [-0.4, -0.2) is 36.1 Å². The lowest BCUT2D eigenvalue weighted by atomic mass is 10.2. The molecule has 0 heterocycles. The zero-order valence-corrected chi connectivity index (χ0v) is 13.1. The first-order valence-electron chi connectivity index (χ1n) is 5.39. The van der Waals surface area contributed by atoms with Gasteiger partial charge in [-0.05, 0) is 18.6 Å². The molecule has 0 aliphatic carbocycles. The van der Waals surface area contributed by atoms with Gasteiger partial charge in [0.15, 0.2) is 0 Å². The van der Waals surface area contributed by atoms with Crippen LogP contribution in [0, 0.1) is 17.0 Å². The van der Waals surface area contributed by atoms with Gasteiger partial charge in [-0.1, -0.05) is 11.6 Å². The average Bonchev–Trinajstić information content (AvgIpc) is 2.26. The third-order valence-corrected chi connectivity index (χ3v) is 5.10. The lowest BCUT2D eigenvalue weighted by Crippen LogP contribution is -2.28. The fourth-order valence-corrected chi connectivity index (χ4v) is 3.55. The molecule has 0 aliphatic heterocycles. The van der Waals surface area contributed by atoms with Gasteiger partial charge in [-0.2, -0.15) is 0 Å². The minimum atomic E-state index is -3.91. The monoisotopic (exact) mass is 340 g/mol. The van der Waals surface area contributed by atoms with Crippen LogP contribution in [0.1, 0.15) is 5.56 Å². The maximum Gasteiger partial charge on any atom is 0.289 e. The number of hydrogen-bond donors (Lipinski definition) is 1.